The Bertz CT molecular complexity index is 429. The van der Waals surface area contributed by atoms with Crippen LogP contribution in [0.15, 0.2) is 12.1 Å². The minimum absolute atomic E-state index is 0.424. The highest BCUT2D eigenvalue weighted by molar-refractivity contribution is 5.54. The summed E-state index contributed by atoms with van der Waals surface area (Å²) in [6, 6.07) is 4.26. The highest BCUT2D eigenvalue weighted by Gasteiger charge is 2.23. The Hall–Kier alpha value is -1.45. The second-order valence-electron chi connectivity index (χ2n) is 5.91. The van der Waals surface area contributed by atoms with E-state index in [1.54, 1.807) is 0 Å². The van der Waals surface area contributed by atoms with E-state index in [1.807, 2.05) is 12.1 Å². The SMILES string of the molecule is CC(C)C(C)N(C)c1ccc(N)c(OCC2CC2)n1. The minimum Gasteiger partial charge on any atom is -0.476 e. The molecule has 0 aromatic carbocycles. The summed E-state index contributed by atoms with van der Waals surface area (Å²) in [5.41, 5.74) is 6.55. The number of hydrogen-bond acceptors (Lipinski definition) is 4. The van der Waals surface area contributed by atoms with Gasteiger partial charge in [0, 0.05) is 13.1 Å². The maximum absolute atomic E-state index is 5.93. The van der Waals surface area contributed by atoms with Gasteiger partial charge in [-0.25, -0.2) is 0 Å². The Kier molecular flexibility index (Phi) is 4.17. The van der Waals surface area contributed by atoms with Crippen molar-refractivity contribution >= 4 is 11.5 Å². The van der Waals surface area contributed by atoms with Crippen molar-refractivity contribution in [2.24, 2.45) is 11.8 Å². The van der Waals surface area contributed by atoms with Crippen molar-refractivity contribution in [3.63, 3.8) is 0 Å². The normalized spacial score (nSPS) is 16.5. The van der Waals surface area contributed by atoms with Gasteiger partial charge in [0.1, 0.15) is 5.82 Å². The molecule has 2 rings (SSSR count). The predicted octanol–water partition coefficient (Wildman–Crippen LogP) is 2.93. The number of nitrogen functional groups attached to an aromatic ring is 1. The van der Waals surface area contributed by atoms with E-state index in [4.69, 9.17) is 10.5 Å². The van der Waals surface area contributed by atoms with Crippen LogP contribution in [0.2, 0.25) is 0 Å². The van der Waals surface area contributed by atoms with Crippen molar-refractivity contribution in [3.8, 4) is 5.88 Å². The monoisotopic (exact) mass is 263 g/mol. The van der Waals surface area contributed by atoms with E-state index < -0.39 is 0 Å². The lowest BCUT2D eigenvalue weighted by Crippen LogP contribution is -2.33. The lowest BCUT2D eigenvalue weighted by Gasteiger charge is -2.29. The first kappa shape index (κ1) is 14.0. The maximum atomic E-state index is 5.93. The fourth-order valence-corrected chi connectivity index (χ4v) is 1.89. The predicted molar refractivity (Wildman–Crippen MR) is 79.6 cm³/mol. The third-order valence-corrected chi connectivity index (χ3v) is 3.96. The zero-order chi connectivity index (χ0) is 14.0. The molecule has 1 unspecified atom stereocenters. The van der Waals surface area contributed by atoms with Crippen molar-refractivity contribution in [2.45, 2.75) is 39.7 Å². The molecule has 0 saturated heterocycles. The topological polar surface area (TPSA) is 51.4 Å². The third kappa shape index (κ3) is 3.52. The average Bonchev–Trinajstić information content (AvgIpc) is 3.20. The summed E-state index contributed by atoms with van der Waals surface area (Å²) in [5, 5.41) is 0. The number of anilines is 2. The standard InChI is InChI=1S/C15H25N3O/c1-10(2)11(3)18(4)14-8-7-13(16)15(17-14)19-9-12-5-6-12/h7-8,10-12H,5-6,9,16H2,1-4H3. The van der Waals surface area contributed by atoms with Gasteiger partial charge in [0.2, 0.25) is 5.88 Å². The van der Waals surface area contributed by atoms with Crippen LogP contribution in [0.5, 0.6) is 5.88 Å². The highest BCUT2D eigenvalue weighted by Crippen LogP contribution is 2.31. The van der Waals surface area contributed by atoms with E-state index in [2.05, 4.69) is 37.7 Å². The van der Waals surface area contributed by atoms with Crippen molar-refractivity contribution in [2.75, 3.05) is 24.3 Å². The first-order valence-electron chi connectivity index (χ1n) is 7.11. The lowest BCUT2D eigenvalue weighted by atomic mass is 10.1. The molecule has 0 radical (unpaired) electrons. The van der Waals surface area contributed by atoms with E-state index in [-0.39, 0.29) is 0 Å². The molecule has 0 bridgehead atoms. The molecule has 1 fully saturated rings. The molecule has 19 heavy (non-hydrogen) atoms. The summed E-state index contributed by atoms with van der Waals surface area (Å²) >= 11 is 0. The molecule has 0 spiro atoms. The fraction of sp³-hybridized carbons (Fsp3) is 0.667. The van der Waals surface area contributed by atoms with Gasteiger partial charge in [-0.05, 0) is 43.7 Å². The Morgan fingerprint density at radius 3 is 2.63 bits per heavy atom. The zero-order valence-corrected chi connectivity index (χ0v) is 12.4. The number of nitrogens with two attached hydrogens (primary N) is 1. The minimum atomic E-state index is 0.424. The molecule has 1 aromatic heterocycles. The van der Waals surface area contributed by atoms with Gasteiger partial charge in [0.05, 0.1) is 12.3 Å². The van der Waals surface area contributed by atoms with E-state index >= 15 is 0 Å². The Morgan fingerprint density at radius 1 is 1.37 bits per heavy atom. The first-order chi connectivity index (χ1) is 8.99. The summed E-state index contributed by atoms with van der Waals surface area (Å²) in [6.45, 7) is 7.36. The zero-order valence-electron chi connectivity index (χ0n) is 12.4. The number of hydrogen-bond donors (Lipinski definition) is 1. The van der Waals surface area contributed by atoms with Crippen LogP contribution in [-0.4, -0.2) is 24.7 Å². The molecule has 106 valence electrons. The van der Waals surface area contributed by atoms with Crippen LogP contribution in [0.4, 0.5) is 11.5 Å². The van der Waals surface area contributed by atoms with E-state index in [9.17, 15) is 0 Å². The Labute approximate surface area is 116 Å². The summed E-state index contributed by atoms with van der Waals surface area (Å²) in [7, 11) is 2.06. The Morgan fingerprint density at radius 2 is 2.05 bits per heavy atom. The molecule has 1 aliphatic rings. The van der Waals surface area contributed by atoms with Gasteiger partial charge in [-0.3, -0.25) is 0 Å². The first-order valence-corrected chi connectivity index (χ1v) is 7.11. The van der Waals surface area contributed by atoms with Crippen LogP contribution >= 0.6 is 0 Å². The molecule has 1 atom stereocenters. The van der Waals surface area contributed by atoms with Crippen molar-refractivity contribution in [1.29, 1.82) is 0 Å². The van der Waals surface area contributed by atoms with E-state index in [1.165, 1.54) is 12.8 Å². The van der Waals surface area contributed by atoms with Gasteiger partial charge in [-0.15, -0.1) is 0 Å². The molecule has 1 aliphatic carbocycles. The molecule has 1 heterocycles. The Balaban J connectivity index is 2.09. The maximum Gasteiger partial charge on any atom is 0.239 e. The van der Waals surface area contributed by atoms with Crippen LogP contribution in [0.1, 0.15) is 33.6 Å². The van der Waals surface area contributed by atoms with Crippen molar-refractivity contribution in [3.05, 3.63) is 12.1 Å². The number of aromatic nitrogens is 1. The summed E-state index contributed by atoms with van der Waals surface area (Å²) in [4.78, 5) is 6.73. The van der Waals surface area contributed by atoms with Crippen LogP contribution in [0, 0.1) is 11.8 Å². The summed E-state index contributed by atoms with van der Waals surface area (Å²) < 4.78 is 5.73. The van der Waals surface area contributed by atoms with Gasteiger partial charge >= 0.3 is 0 Å². The molecule has 4 heteroatoms. The molecule has 0 amide bonds. The van der Waals surface area contributed by atoms with Crippen LogP contribution in [0.3, 0.4) is 0 Å². The highest BCUT2D eigenvalue weighted by atomic mass is 16.5. The van der Waals surface area contributed by atoms with Gasteiger partial charge in [0.25, 0.3) is 0 Å². The van der Waals surface area contributed by atoms with Gasteiger partial charge in [-0.1, -0.05) is 13.8 Å². The molecular weight excluding hydrogens is 238 g/mol. The molecule has 2 N–H and O–H groups in total. The van der Waals surface area contributed by atoms with Gasteiger partial charge in [-0.2, -0.15) is 4.98 Å². The quantitative estimate of drug-likeness (QED) is 0.857. The lowest BCUT2D eigenvalue weighted by molar-refractivity contribution is 0.290. The van der Waals surface area contributed by atoms with Crippen LogP contribution in [-0.2, 0) is 0 Å². The van der Waals surface area contributed by atoms with E-state index in [0.29, 0.717) is 29.4 Å². The van der Waals surface area contributed by atoms with Crippen LogP contribution in [0.25, 0.3) is 0 Å². The molecule has 0 aliphatic heterocycles. The largest absolute Gasteiger partial charge is 0.476 e. The summed E-state index contributed by atoms with van der Waals surface area (Å²) in [5.74, 6) is 2.77. The fourth-order valence-electron chi connectivity index (χ4n) is 1.89. The van der Waals surface area contributed by atoms with E-state index in [0.717, 1.165) is 12.4 Å². The second-order valence-corrected chi connectivity index (χ2v) is 5.91. The van der Waals surface area contributed by atoms with Gasteiger partial charge < -0.3 is 15.4 Å². The number of ether oxygens (including phenoxy) is 1. The van der Waals surface area contributed by atoms with Crippen molar-refractivity contribution in [1.82, 2.24) is 4.98 Å². The van der Waals surface area contributed by atoms with Crippen LogP contribution < -0.4 is 15.4 Å². The molecule has 1 saturated carbocycles. The number of nitrogens with zero attached hydrogens (tertiary/aromatic N) is 2. The number of pyridine rings is 1. The molecule has 4 nitrogen and oxygen atoms in total. The second kappa shape index (κ2) is 5.68. The smallest absolute Gasteiger partial charge is 0.239 e. The molecule has 1 aromatic rings. The number of rotatable bonds is 6. The molecular formula is C15H25N3O. The van der Waals surface area contributed by atoms with Gasteiger partial charge in [0.15, 0.2) is 0 Å². The van der Waals surface area contributed by atoms with Crippen molar-refractivity contribution < 1.29 is 4.74 Å². The average molecular weight is 263 g/mol. The third-order valence-electron chi connectivity index (χ3n) is 3.96. The summed E-state index contributed by atoms with van der Waals surface area (Å²) in [6.07, 6.45) is 2.54.